The fourth-order valence-electron chi connectivity index (χ4n) is 3.51. The Balaban J connectivity index is 1.56. The average Bonchev–Trinajstić information content (AvgIpc) is 3.33. The molecule has 0 fully saturated rings. The Morgan fingerprint density at radius 2 is 1.96 bits per heavy atom. The summed E-state index contributed by atoms with van der Waals surface area (Å²) in [5.74, 6) is 0.935. The number of aromatic nitrogens is 4. The van der Waals surface area contributed by atoms with Gasteiger partial charge in [0.25, 0.3) is 0 Å². The average molecular weight is 394 g/mol. The summed E-state index contributed by atoms with van der Waals surface area (Å²) >= 11 is 1.48. The van der Waals surface area contributed by atoms with Gasteiger partial charge in [-0.25, -0.2) is 0 Å². The number of thioether (sulfide) groups is 1. The number of benzene rings is 1. The van der Waals surface area contributed by atoms with E-state index in [2.05, 4.69) is 32.7 Å². The number of anilines is 1. The lowest BCUT2D eigenvalue weighted by Gasteiger charge is -2.21. The van der Waals surface area contributed by atoms with Crippen molar-refractivity contribution in [2.75, 3.05) is 11.4 Å². The molecule has 6 nitrogen and oxygen atoms in total. The number of carbonyl (C=O) groups excluding carboxylic acids is 1. The molecule has 28 heavy (non-hydrogen) atoms. The monoisotopic (exact) mass is 393 g/mol. The molecule has 0 radical (unpaired) electrons. The maximum atomic E-state index is 13.1. The molecule has 0 saturated heterocycles. The molecule has 1 unspecified atom stereocenters. The Morgan fingerprint density at radius 1 is 1.18 bits per heavy atom. The zero-order valence-corrected chi connectivity index (χ0v) is 16.9. The summed E-state index contributed by atoms with van der Waals surface area (Å²) in [5, 5.41) is 9.32. The Hall–Kier alpha value is -2.67. The van der Waals surface area contributed by atoms with Gasteiger partial charge in [-0.2, -0.15) is 0 Å². The number of hydrogen-bond donors (Lipinski definition) is 0. The van der Waals surface area contributed by atoms with Crippen molar-refractivity contribution in [3.8, 4) is 11.4 Å². The second-order valence-corrected chi connectivity index (χ2v) is 8.13. The summed E-state index contributed by atoms with van der Waals surface area (Å²) < 4.78 is 2.10. The van der Waals surface area contributed by atoms with E-state index in [9.17, 15) is 4.79 Å². The normalized spacial score (nSPS) is 14.1. The summed E-state index contributed by atoms with van der Waals surface area (Å²) in [6.45, 7) is 5.62. The van der Waals surface area contributed by atoms with Crippen molar-refractivity contribution in [3.05, 3.63) is 54.4 Å². The quantitative estimate of drug-likeness (QED) is 0.596. The molecule has 2 aromatic heterocycles. The van der Waals surface area contributed by atoms with Crippen LogP contribution in [0.2, 0.25) is 0 Å². The van der Waals surface area contributed by atoms with Crippen molar-refractivity contribution < 1.29 is 4.79 Å². The Bertz CT molecular complexity index is 972. The van der Waals surface area contributed by atoms with Crippen LogP contribution in [0.5, 0.6) is 0 Å². The molecule has 1 atom stereocenters. The van der Waals surface area contributed by atoms with Crippen LogP contribution in [0.3, 0.4) is 0 Å². The highest BCUT2D eigenvalue weighted by Crippen LogP contribution is 2.32. The highest BCUT2D eigenvalue weighted by atomic mass is 32.2. The third-order valence-corrected chi connectivity index (χ3v) is 5.95. The van der Waals surface area contributed by atoms with E-state index in [4.69, 9.17) is 0 Å². The Kier molecular flexibility index (Phi) is 5.43. The topological polar surface area (TPSA) is 63.9 Å². The number of nitrogens with zero attached hydrogens (tertiary/aromatic N) is 5. The summed E-state index contributed by atoms with van der Waals surface area (Å²) in [5.41, 5.74) is 3.25. The molecule has 3 aromatic rings. The summed E-state index contributed by atoms with van der Waals surface area (Å²) in [6, 6.07) is 12.0. The number of rotatable bonds is 6. The van der Waals surface area contributed by atoms with Gasteiger partial charge in [0.2, 0.25) is 5.91 Å². The molecule has 144 valence electrons. The summed E-state index contributed by atoms with van der Waals surface area (Å²) in [6.07, 6.45) is 5.39. The van der Waals surface area contributed by atoms with Gasteiger partial charge < -0.3 is 9.47 Å². The number of amides is 1. The van der Waals surface area contributed by atoms with Gasteiger partial charge in [-0.1, -0.05) is 36.9 Å². The third-order valence-electron chi connectivity index (χ3n) is 4.89. The minimum Gasteiger partial charge on any atom is -0.311 e. The van der Waals surface area contributed by atoms with Gasteiger partial charge in [0, 0.05) is 36.7 Å². The molecule has 0 N–H and O–H groups in total. The van der Waals surface area contributed by atoms with E-state index in [1.54, 1.807) is 12.4 Å². The fourth-order valence-corrected chi connectivity index (χ4v) is 4.45. The number of fused-ring (bicyclic) bond motifs is 1. The lowest BCUT2D eigenvalue weighted by atomic mass is 10.2. The molecule has 1 aromatic carbocycles. The molecule has 1 aliphatic heterocycles. The number of hydrogen-bond acceptors (Lipinski definition) is 5. The van der Waals surface area contributed by atoms with Gasteiger partial charge in [-0.05, 0) is 43.5 Å². The summed E-state index contributed by atoms with van der Waals surface area (Å²) in [4.78, 5) is 19.1. The van der Waals surface area contributed by atoms with Crippen LogP contribution in [-0.4, -0.2) is 37.5 Å². The molecule has 7 heteroatoms. The molecule has 3 heterocycles. The van der Waals surface area contributed by atoms with Gasteiger partial charge in [0.15, 0.2) is 11.0 Å². The molecule has 0 saturated carbocycles. The van der Waals surface area contributed by atoms with Gasteiger partial charge in [-0.3, -0.25) is 9.78 Å². The van der Waals surface area contributed by atoms with E-state index in [0.717, 1.165) is 48.2 Å². The van der Waals surface area contributed by atoms with Crippen molar-refractivity contribution in [3.63, 3.8) is 0 Å². The van der Waals surface area contributed by atoms with E-state index in [1.807, 2.05) is 42.2 Å². The first-order valence-corrected chi connectivity index (χ1v) is 10.5. The maximum Gasteiger partial charge on any atom is 0.240 e. The van der Waals surface area contributed by atoms with Crippen LogP contribution in [0.25, 0.3) is 11.4 Å². The SMILES string of the molecule is CCCn1c(SC(C)C(=O)N2CCc3ccccc32)nnc1-c1ccncc1. The predicted molar refractivity (Wildman–Crippen MR) is 111 cm³/mol. The molecule has 4 rings (SSSR count). The molecule has 1 amide bonds. The zero-order valence-electron chi connectivity index (χ0n) is 16.1. The second kappa shape index (κ2) is 8.14. The smallest absolute Gasteiger partial charge is 0.240 e. The fraction of sp³-hybridized carbons (Fsp3) is 0.333. The Labute approximate surface area is 169 Å². The number of para-hydroxylation sites is 1. The minimum atomic E-state index is -0.240. The lowest BCUT2D eigenvalue weighted by Crippen LogP contribution is -2.35. The van der Waals surface area contributed by atoms with Crippen molar-refractivity contribution in [2.45, 2.75) is 43.6 Å². The van der Waals surface area contributed by atoms with Crippen molar-refractivity contribution in [1.29, 1.82) is 0 Å². The lowest BCUT2D eigenvalue weighted by molar-refractivity contribution is -0.117. The van der Waals surface area contributed by atoms with Crippen LogP contribution in [0.4, 0.5) is 5.69 Å². The van der Waals surface area contributed by atoms with Crippen LogP contribution >= 0.6 is 11.8 Å². The van der Waals surface area contributed by atoms with E-state index in [0.29, 0.717) is 0 Å². The van der Waals surface area contributed by atoms with Gasteiger partial charge in [0.05, 0.1) is 5.25 Å². The van der Waals surface area contributed by atoms with Crippen LogP contribution in [-0.2, 0) is 17.8 Å². The molecule has 0 bridgehead atoms. The van der Waals surface area contributed by atoms with Gasteiger partial charge in [-0.15, -0.1) is 10.2 Å². The predicted octanol–water partition coefficient (Wildman–Crippen LogP) is 3.82. The highest BCUT2D eigenvalue weighted by Gasteiger charge is 2.29. The first kappa shape index (κ1) is 18.7. The van der Waals surface area contributed by atoms with E-state index in [1.165, 1.54) is 17.3 Å². The van der Waals surface area contributed by atoms with Crippen molar-refractivity contribution in [1.82, 2.24) is 19.7 Å². The zero-order chi connectivity index (χ0) is 19.5. The van der Waals surface area contributed by atoms with E-state index in [-0.39, 0.29) is 11.2 Å². The van der Waals surface area contributed by atoms with Crippen LogP contribution < -0.4 is 4.90 Å². The molecule has 1 aliphatic rings. The Morgan fingerprint density at radius 3 is 2.75 bits per heavy atom. The van der Waals surface area contributed by atoms with Crippen molar-refractivity contribution in [2.24, 2.45) is 0 Å². The third kappa shape index (κ3) is 3.54. The van der Waals surface area contributed by atoms with E-state index < -0.39 is 0 Å². The maximum absolute atomic E-state index is 13.1. The molecule has 0 spiro atoms. The number of pyridine rings is 1. The van der Waals surface area contributed by atoms with Crippen LogP contribution in [0, 0.1) is 0 Å². The standard InChI is InChI=1S/C21H23N5OS/c1-3-13-26-19(17-8-11-22-12-9-17)23-24-21(26)28-15(2)20(27)25-14-10-16-6-4-5-7-18(16)25/h4-9,11-12,15H,3,10,13-14H2,1-2H3. The van der Waals surface area contributed by atoms with Crippen LogP contribution in [0.1, 0.15) is 25.8 Å². The highest BCUT2D eigenvalue weighted by molar-refractivity contribution is 8.00. The first-order chi connectivity index (χ1) is 13.7. The van der Waals surface area contributed by atoms with Crippen molar-refractivity contribution >= 4 is 23.4 Å². The largest absolute Gasteiger partial charge is 0.311 e. The molecular formula is C21H23N5OS. The minimum absolute atomic E-state index is 0.117. The van der Waals surface area contributed by atoms with Crippen LogP contribution in [0.15, 0.2) is 53.9 Å². The molecular weight excluding hydrogens is 370 g/mol. The van der Waals surface area contributed by atoms with Gasteiger partial charge >= 0.3 is 0 Å². The number of carbonyl (C=O) groups is 1. The summed E-state index contributed by atoms with van der Waals surface area (Å²) in [7, 11) is 0. The molecule has 0 aliphatic carbocycles. The second-order valence-electron chi connectivity index (χ2n) is 6.82. The van der Waals surface area contributed by atoms with E-state index >= 15 is 0 Å². The van der Waals surface area contributed by atoms with Gasteiger partial charge in [0.1, 0.15) is 0 Å². The first-order valence-electron chi connectivity index (χ1n) is 9.58.